The number of amides is 1. The van der Waals surface area contributed by atoms with Crippen molar-refractivity contribution >= 4 is 11.7 Å². The Balaban J connectivity index is 1.79. The van der Waals surface area contributed by atoms with Crippen molar-refractivity contribution in [2.45, 2.75) is 45.6 Å². The number of pyridine rings is 1. The first-order valence-corrected chi connectivity index (χ1v) is 9.13. The topological polar surface area (TPSA) is 48.5 Å². The molecule has 2 heterocycles. The molecule has 1 atom stereocenters. The van der Waals surface area contributed by atoms with E-state index in [1.165, 1.54) is 25.8 Å². The van der Waals surface area contributed by atoms with Gasteiger partial charge in [0.1, 0.15) is 5.82 Å². The highest BCUT2D eigenvalue weighted by molar-refractivity contribution is 5.94. The molecule has 1 fully saturated rings. The van der Waals surface area contributed by atoms with Crippen LogP contribution in [0.2, 0.25) is 0 Å². The van der Waals surface area contributed by atoms with Gasteiger partial charge >= 0.3 is 0 Å². The van der Waals surface area contributed by atoms with Crippen LogP contribution in [-0.2, 0) is 0 Å². The number of rotatable bonds is 7. The standard InChI is InChI=1S/C19H32N4O/c1-15(2)14-23(4)18-9-8-16(13-21-18)19(24)20-11-10-17-7-5-6-12-22(17)3/h8-9,13,15,17H,5-7,10-12,14H2,1-4H3,(H,20,24)/t17-/m0/s1. The smallest absolute Gasteiger partial charge is 0.252 e. The molecule has 134 valence electrons. The second kappa shape index (κ2) is 9.02. The van der Waals surface area contributed by atoms with E-state index >= 15 is 0 Å². The van der Waals surface area contributed by atoms with Crippen molar-refractivity contribution < 1.29 is 4.79 Å². The number of nitrogens with zero attached hydrogens (tertiary/aromatic N) is 3. The molecule has 24 heavy (non-hydrogen) atoms. The van der Waals surface area contributed by atoms with Crippen LogP contribution >= 0.6 is 0 Å². The van der Waals surface area contributed by atoms with E-state index in [0.717, 1.165) is 25.3 Å². The molecule has 0 saturated carbocycles. The maximum atomic E-state index is 12.2. The van der Waals surface area contributed by atoms with Gasteiger partial charge < -0.3 is 15.1 Å². The number of hydrogen-bond donors (Lipinski definition) is 1. The van der Waals surface area contributed by atoms with E-state index in [0.29, 0.717) is 17.5 Å². The van der Waals surface area contributed by atoms with E-state index in [4.69, 9.17) is 0 Å². The van der Waals surface area contributed by atoms with E-state index in [1.807, 2.05) is 19.2 Å². The minimum atomic E-state index is -0.0287. The monoisotopic (exact) mass is 332 g/mol. The highest BCUT2D eigenvalue weighted by Gasteiger charge is 2.18. The molecule has 1 amide bonds. The van der Waals surface area contributed by atoms with Gasteiger partial charge in [0.15, 0.2) is 0 Å². The highest BCUT2D eigenvalue weighted by atomic mass is 16.1. The molecule has 5 heteroatoms. The van der Waals surface area contributed by atoms with Crippen molar-refractivity contribution in [2.75, 3.05) is 38.6 Å². The van der Waals surface area contributed by atoms with E-state index in [-0.39, 0.29) is 5.91 Å². The average molecular weight is 332 g/mol. The van der Waals surface area contributed by atoms with E-state index < -0.39 is 0 Å². The Morgan fingerprint density at radius 1 is 1.42 bits per heavy atom. The quantitative estimate of drug-likeness (QED) is 0.834. The van der Waals surface area contributed by atoms with Crippen molar-refractivity contribution in [2.24, 2.45) is 5.92 Å². The Bertz CT molecular complexity index is 515. The lowest BCUT2D eigenvalue weighted by molar-refractivity contribution is 0.0945. The third-order valence-electron chi connectivity index (χ3n) is 4.72. The van der Waals surface area contributed by atoms with Gasteiger partial charge in [0.05, 0.1) is 5.56 Å². The molecule has 1 N–H and O–H groups in total. The Labute approximate surface area is 146 Å². The number of piperidine rings is 1. The summed E-state index contributed by atoms with van der Waals surface area (Å²) in [6.07, 6.45) is 6.53. The van der Waals surface area contributed by atoms with Gasteiger partial charge in [-0.15, -0.1) is 0 Å². The number of carbonyl (C=O) groups is 1. The highest BCUT2D eigenvalue weighted by Crippen LogP contribution is 2.17. The van der Waals surface area contributed by atoms with Crippen molar-refractivity contribution in [3.63, 3.8) is 0 Å². The second-order valence-electron chi connectivity index (χ2n) is 7.35. The SMILES string of the molecule is CC(C)CN(C)c1ccc(C(=O)NCC[C@@H]2CCCCN2C)cn1. The lowest BCUT2D eigenvalue weighted by Crippen LogP contribution is -2.39. The molecule has 0 aromatic carbocycles. The summed E-state index contributed by atoms with van der Waals surface area (Å²) in [6, 6.07) is 4.39. The van der Waals surface area contributed by atoms with Crippen LogP contribution in [0.15, 0.2) is 18.3 Å². The van der Waals surface area contributed by atoms with Crippen LogP contribution < -0.4 is 10.2 Å². The lowest BCUT2D eigenvalue weighted by atomic mass is 10.0. The van der Waals surface area contributed by atoms with E-state index in [9.17, 15) is 4.79 Å². The van der Waals surface area contributed by atoms with Gasteiger partial charge in [0.2, 0.25) is 0 Å². The summed E-state index contributed by atoms with van der Waals surface area (Å²) in [5.41, 5.74) is 0.633. The first kappa shape index (κ1) is 18.7. The summed E-state index contributed by atoms with van der Waals surface area (Å²) >= 11 is 0. The van der Waals surface area contributed by atoms with Crippen LogP contribution in [0, 0.1) is 5.92 Å². The van der Waals surface area contributed by atoms with Gasteiger partial charge in [0, 0.05) is 32.4 Å². The van der Waals surface area contributed by atoms with Crippen molar-refractivity contribution in [1.29, 1.82) is 0 Å². The first-order chi connectivity index (χ1) is 11.5. The zero-order chi connectivity index (χ0) is 17.5. The molecule has 0 unspecified atom stereocenters. The maximum Gasteiger partial charge on any atom is 0.252 e. The molecule has 0 radical (unpaired) electrons. The zero-order valence-corrected chi connectivity index (χ0v) is 15.6. The van der Waals surface area contributed by atoms with Gasteiger partial charge in [-0.3, -0.25) is 4.79 Å². The largest absolute Gasteiger partial charge is 0.359 e. The molecule has 0 bridgehead atoms. The predicted octanol–water partition coefficient (Wildman–Crippen LogP) is 2.78. The molecule has 1 aromatic rings. The molecule has 0 aliphatic carbocycles. The van der Waals surface area contributed by atoms with Crippen LogP contribution in [0.25, 0.3) is 0 Å². The zero-order valence-electron chi connectivity index (χ0n) is 15.6. The van der Waals surface area contributed by atoms with Gasteiger partial charge in [0.25, 0.3) is 5.91 Å². The second-order valence-corrected chi connectivity index (χ2v) is 7.35. The summed E-state index contributed by atoms with van der Waals surface area (Å²) in [6.45, 7) is 7.22. The Morgan fingerprint density at radius 2 is 2.21 bits per heavy atom. The third-order valence-corrected chi connectivity index (χ3v) is 4.72. The van der Waals surface area contributed by atoms with E-state index in [2.05, 4.69) is 41.0 Å². The predicted molar refractivity (Wildman–Crippen MR) is 99.6 cm³/mol. The number of nitrogens with one attached hydrogen (secondary N) is 1. The fourth-order valence-corrected chi connectivity index (χ4v) is 3.35. The van der Waals surface area contributed by atoms with Crippen LogP contribution in [0.3, 0.4) is 0 Å². The van der Waals surface area contributed by atoms with Crippen molar-refractivity contribution in [3.8, 4) is 0 Å². The van der Waals surface area contributed by atoms with Crippen molar-refractivity contribution in [1.82, 2.24) is 15.2 Å². The molecule has 0 spiro atoms. The Morgan fingerprint density at radius 3 is 2.83 bits per heavy atom. The van der Waals surface area contributed by atoms with Crippen molar-refractivity contribution in [3.05, 3.63) is 23.9 Å². The molecular weight excluding hydrogens is 300 g/mol. The fraction of sp³-hybridized carbons (Fsp3) is 0.684. The Hall–Kier alpha value is -1.62. The van der Waals surface area contributed by atoms with Crippen LogP contribution in [0.4, 0.5) is 5.82 Å². The average Bonchev–Trinajstić information content (AvgIpc) is 2.56. The molecule has 1 aliphatic rings. The van der Waals surface area contributed by atoms with Crippen LogP contribution in [0.1, 0.15) is 49.9 Å². The summed E-state index contributed by atoms with van der Waals surface area (Å²) in [4.78, 5) is 21.2. The molecule has 2 rings (SSSR count). The number of hydrogen-bond acceptors (Lipinski definition) is 4. The van der Waals surface area contributed by atoms with Crippen LogP contribution in [-0.4, -0.2) is 55.6 Å². The summed E-state index contributed by atoms with van der Waals surface area (Å²) in [5.74, 6) is 1.46. The Kier molecular flexibility index (Phi) is 7.03. The van der Waals surface area contributed by atoms with E-state index in [1.54, 1.807) is 6.20 Å². The maximum absolute atomic E-state index is 12.2. The number of aromatic nitrogens is 1. The lowest BCUT2D eigenvalue weighted by Gasteiger charge is -2.32. The normalized spacial score (nSPS) is 18.6. The van der Waals surface area contributed by atoms with Gasteiger partial charge in [-0.2, -0.15) is 0 Å². The van der Waals surface area contributed by atoms with Gasteiger partial charge in [-0.1, -0.05) is 20.3 Å². The van der Waals surface area contributed by atoms with Crippen LogP contribution in [0.5, 0.6) is 0 Å². The minimum Gasteiger partial charge on any atom is -0.359 e. The number of likely N-dealkylation sites (tertiary alicyclic amines) is 1. The fourth-order valence-electron chi connectivity index (χ4n) is 3.35. The molecule has 1 saturated heterocycles. The first-order valence-electron chi connectivity index (χ1n) is 9.13. The molecule has 1 aromatic heterocycles. The number of anilines is 1. The summed E-state index contributed by atoms with van der Waals surface area (Å²) < 4.78 is 0. The third kappa shape index (κ3) is 5.48. The molecular formula is C19H32N4O. The summed E-state index contributed by atoms with van der Waals surface area (Å²) in [5, 5.41) is 3.03. The number of carbonyl (C=O) groups excluding carboxylic acids is 1. The van der Waals surface area contributed by atoms with Gasteiger partial charge in [-0.05, 0) is 50.9 Å². The minimum absolute atomic E-state index is 0.0287. The molecule has 5 nitrogen and oxygen atoms in total. The van der Waals surface area contributed by atoms with Gasteiger partial charge in [-0.25, -0.2) is 4.98 Å². The summed E-state index contributed by atoms with van der Waals surface area (Å²) in [7, 11) is 4.21. The molecule has 1 aliphatic heterocycles.